The highest BCUT2D eigenvalue weighted by Gasteiger charge is 2.12. The van der Waals surface area contributed by atoms with E-state index < -0.39 is 0 Å². The van der Waals surface area contributed by atoms with E-state index in [0.717, 1.165) is 21.5 Å². The maximum atomic E-state index is 12.4. The molecule has 0 aliphatic heterocycles. The topological polar surface area (TPSA) is 85.6 Å². The van der Waals surface area contributed by atoms with Crippen molar-refractivity contribution in [2.45, 2.75) is 13.8 Å². The molecule has 0 aliphatic rings. The Labute approximate surface area is 147 Å². The fraction of sp³-hybridized carbons (Fsp3) is 0.118. The minimum Gasteiger partial charge on any atom is -0.298 e. The van der Waals surface area contributed by atoms with Crippen molar-refractivity contribution >= 4 is 32.6 Å². The molecule has 1 amide bonds. The lowest BCUT2D eigenvalue weighted by atomic mass is 10.1. The van der Waals surface area contributed by atoms with E-state index in [1.807, 2.05) is 6.92 Å². The van der Waals surface area contributed by atoms with Gasteiger partial charge in [0.1, 0.15) is 6.33 Å². The number of tetrazole rings is 1. The van der Waals surface area contributed by atoms with Crippen molar-refractivity contribution in [3.8, 4) is 5.69 Å². The van der Waals surface area contributed by atoms with Gasteiger partial charge in [0.25, 0.3) is 5.91 Å². The fourth-order valence-corrected chi connectivity index (χ4v) is 3.68. The minimum atomic E-state index is -0.198. The van der Waals surface area contributed by atoms with Crippen molar-refractivity contribution in [1.29, 1.82) is 0 Å². The number of carbonyl (C=O) groups is 1. The molecule has 0 saturated heterocycles. The zero-order chi connectivity index (χ0) is 17.4. The monoisotopic (exact) mass is 350 g/mol. The molecule has 0 unspecified atom stereocenters. The van der Waals surface area contributed by atoms with E-state index >= 15 is 0 Å². The Hall–Kier alpha value is -3.13. The summed E-state index contributed by atoms with van der Waals surface area (Å²) in [7, 11) is 0. The van der Waals surface area contributed by atoms with E-state index in [9.17, 15) is 4.79 Å². The van der Waals surface area contributed by atoms with Crippen molar-refractivity contribution < 1.29 is 4.79 Å². The number of anilines is 1. The van der Waals surface area contributed by atoms with Crippen LogP contribution in [0.15, 0.2) is 42.7 Å². The molecular formula is C17H14N6OS. The van der Waals surface area contributed by atoms with Crippen LogP contribution < -0.4 is 5.32 Å². The Morgan fingerprint density at radius 2 is 1.96 bits per heavy atom. The number of carbonyl (C=O) groups excluding carboxylic acids is 1. The van der Waals surface area contributed by atoms with Crippen LogP contribution in [0.2, 0.25) is 0 Å². The quantitative estimate of drug-likeness (QED) is 0.613. The number of thiazole rings is 1. The van der Waals surface area contributed by atoms with Crippen LogP contribution in [0.25, 0.3) is 15.9 Å². The maximum absolute atomic E-state index is 12.4. The van der Waals surface area contributed by atoms with Crippen molar-refractivity contribution in [2.75, 3.05) is 5.32 Å². The van der Waals surface area contributed by atoms with E-state index in [2.05, 4.69) is 44.9 Å². The number of aromatic nitrogens is 5. The van der Waals surface area contributed by atoms with Crippen molar-refractivity contribution in [3.05, 3.63) is 59.4 Å². The Kier molecular flexibility index (Phi) is 3.73. The predicted molar refractivity (Wildman–Crippen MR) is 96.2 cm³/mol. The number of hydrogen-bond acceptors (Lipinski definition) is 6. The average molecular weight is 350 g/mol. The standard InChI is InChI=1S/C17H14N6OS/c1-10-7-11(2)15-14(8-10)25-17(19-15)20-16(24)12-3-5-13(6-4-12)23-9-18-21-22-23/h3-9H,1-2H3,(H,19,20,24). The predicted octanol–water partition coefficient (Wildman–Crippen LogP) is 3.14. The van der Waals surface area contributed by atoms with Gasteiger partial charge in [-0.1, -0.05) is 17.4 Å². The number of nitrogens with one attached hydrogen (secondary N) is 1. The Morgan fingerprint density at radius 1 is 1.16 bits per heavy atom. The summed E-state index contributed by atoms with van der Waals surface area (Å²) in [5.74, 6) is -0.198. The second kappa shape index (κ2) is 6.06. The number of benzene rings is 2. The lowest BCUT2D eigenvalue weighted by molar-refractivity contribution is 0.102. The molecule has 0 saturated carbocycles. The number of fused-ring (bicyclic) bond motifs is 1. The molecule has 0 bridgehead atoms. The summed E-state index contributed by atoms with van der Waals surface area (Å²) in [6, 6.07) is 11.2. The van der Waals surface area contributed by atoms with Gasteiger partial charge in [0, 0.05) is 5.56 Å². The van der Waals surface area contributed by atoms with Gasteiger partial charge in [-0.3, -0.25) is 10.1 Å². The molecule has 2 aromatic heterocycles. The first kappa shape index (κ1) is 15.4. The third-order valence-electron chi connectivity index (χ3n) is 3.79. The largest absolute Gasteiger partial charge is 0.298 e. The molecule has 25 heavy (non-hydrogen) atoms. The number of aryl methyl sites for hydroxylation is 2. The molecule has 2 aromatic carbocycles. The van der Waals surface area contributed by atoms with Crippen molar-refractivity contribution in [1.82, 2.24) is 25.2 Å². The Morgan fingerprint density at radius 3 is 2.68 bits per heavy atom. The molecule has 4 rings (SSSR count). The van der Waals surface area contributed by atoms with Gasteiger partial charge in [-0.15, -0.1) is 5.10 Å². The second-order valence-corrected chi connectivity index (χ2v) is 6.73. The zero-order valence-electron chi connectivity index (χ0n) is 13.6. The zero-order valence-corrected chi connectivity index (χ0v) is 14.4. The van der Waals surface area contributed by atoms with Gasteiger partial charge in [0.15, 0.2) is 5.13 Å². The molecule has 0 radical (unpaired) electrons. The third kappa shape index (κ3) is 2.99. The van der Waals surface area contributed by atoms with Crippen LogP contribution in [0, 0.1) is 13.8 Å². The van der Waals surface area contributed by atoms with Gasteiger partial charge in [0.05, 0.1) is 15.9 Å². The molecule has 124 valence electrons. The van der Waals surface area contributed by atoms with Crippen LogP contribution in [0.1, 0.15) is 21.5 Å². The Balaban J connectivity index is 1.56. The Bertz CT molecular complexity index is 1050. The van der Waals surface area contributed by atoms with Gasteiger partial charge >= 0.3 is 0 Å². The lowest BCUT2D eigenvalue weighted by Gasteiger charge is -2.03. The van der Waals surface area contributed by atoms with Crippen molar-refractivity contribution in [2.24, 2.45) is 0 Å². The molecular weight excluding hydrogens is 336 g/mol. The first-order chi connectivity index (χ1) is 12.1. The molecule has 0 aliphatic carbocycles. The summed E-state index contributed by atoms with van der Waals surface area (Å²) >= 11 is 1.48. The van der Waals surface area contributed by atoms with Crippen LogP contribution in [-0.2, 0) is 0 Å². The highest BCUT2D eigenvalue weighted by atomic mass is 32.1. The molecule has 0 atom stereocenters. The van der Waals surface area contributed by atoms with E-state index in [-0.39, 0.29) is 5.91 Å². The first-order valence-corrected chi connectivity index (χ1v) is 8.44. The highest BCUT2D eigenvalue weighted by Crippen LogP contribution is 2.29. The molecule has 0 spiro atoms. The van der Waals surface area contributed by atoms with Crippen molar-refractivity contribution in [3.63, 3.8) is 0 Å². The number of rotatable bonds is 3. The minimum absolute atomic E-state index is 0.198. The highest BCUT2D eigenvalue weighted by molar-refractivity contribution is 7.22. The third-order valence-corrected chi connectivity index (χ3v) is 4.71. The van der Waals surface area contributed by atoms with Gasteiger partial charge in [0.2, 0.25) is 0 Å². The van der Waals surface area contributed by atoms with Crippen LogP contribution in [-0.4, -0.2) is 31.1 Å². The van der Waals surface area contributed by atoms with Gasteiger partial charge in [-0.05, 0) is 65.7 Å². The van der Waals surface area contributed by atoms with Crippen LogP contribution in [0.3, 0.4) is 0 Å². The SMILES string of the molecule is Cc1cc(C)c2nc(NC(=O)c3ccc(-n4cnnn4)cc3)sc2c1. The average Bonchev–Trinajstić information content (AvgIpc) is 3.24. The van der Waals surface area contributed by atoms with E-state index in [4.69, 9.17) is 0 Å². The summed E-state index contributed by atoms with van der Waals surface area (Å²) in [5.41, 5.74) is 4.55. The smallest absolute Gasteiger partial charge is 0.257 e. The number of hydrogen-bond donors (Lipinski definition) is 1. The fourth-order valence-electron chi connectivity index (χ4n) is 2.64. The normalized spacial score (nSPS) is 11.0. The molecule has 8 heteroatoms. The summed E-state index contributed by atoms with van der Waals surface area (Å²) in [4.78, 5) is 17.0. The lowest BCUT2D eigenvalue weighted by Crippen LogP contribution is -2.11. The second-order valence-electron chi connectivity index (χ2n) is 5.70. The summed E-state index contributed by atoms with van der Waals surface area (Å²) < 4.78 is 2.60. The molecule has 4 aromatic rings. The number of amides is 1. The first-order valence-electron chi connectivity index (χ1n) is 7.63. The van der Waals surface area contributed by atoms with E-state index in [1.165, 1.54) is 27.9 Å². The van der Waals surface area contributed by atoms with E-state index in [1.54, 1.807) is 24.3 Å². The van der Waals surface area contributed by atoms with Crippen LogP contribution in [0.4, 0.5) is 5.13 Å². The van der Waals surface area contributed by atoms with Gasteiger partial charge < -0.3 is 0 Å². The van der Waals surface area contributed by atoms with Crippen LogP contribution >= 0.6 is 11.3 Å². The molecule has 7 nitrogen and oxygen atoms in total. The van der Waals surface area contributed by atoms with Gasteiger partial charge in [-0.2, -0.15) is 0 Å². The maximum Gasteiger partial charge on any atom is 0.257 e. The molecule has 2 heterocycles. The number of nitrogens with zero attached hydrogens (tertiary/aromatic N) is 5. The molecule has 1 N–H and O–H groups in total. The summed E-state index contributed by atoms with van der Waals surface area (Å²) in [6.45, 7) is 4.08. The summed E-state index contributed by atoms with van der Waals surface area (Å²) in [6.07, 6.45) is 1.50. The van der Waals surface area contributed by atoms with E-state index in [0.29, 0.717) is 10.7 Å². The molecule has 0 fully saturated rings. The van der Waals surface area contributed by atoms with Gasteiger partial charge in [-0.25, -0.2) is 9.67 Å². The van der Waals surface area contributed by atoms with Crippen LogP contribution in [0.5, 0.6) is 0 Å². The summed E-state index contributed by atoms with van der Waals surface area (Å²) in [5, 5.41) is 14.5.